The lowest BCUT2D eigenvalue weighted by Crippen LogP contribution is -2.28. The Morgan fingerprint density at radius 3 is 2.93 bits per heavy atom. The second-order valence-electron chi connectivity index (χ2n) is 6.84. The molecular weight excluding hydrogens is 348 g/mol. The molecule has 0 radical (unpaired) electrons. The molecule has 3 aromatic heterocycles. The Morgan fingerprint density at radius 2 is 2.15 bits per heavy atom. The molecule has 0 aliphatic rings. The molecule has 1 N–H and O–H groups in total. The van der Waals surface area contributed by atoms with Crippen LogP contribution in [0.5, 0.6) is 0 Å². The van der Waals surface area contributed by atoms with E-state index in [9.17, 15) is 9.59 Å². The molecule has 0 saturated carbocycles. The van der Waals surface area contributed by atoms with Gasteiger partial charge in [-0.25, -0.2) is 4.68 Å². The first-order valence-electron chi connectivity index (χ1n) is 9.32. The third-order valence-corrected chi connectivity index (χ3v) is 4.33. The van der Waals surface area contributed by atoms with Crippen LogP contribution in [-0.2, 0) is 16.1 Å². The first-order valence-corrected chi connectivity index (χ1v) is 9.32. The van der Waals surface area contributed by atoms with Crippen molar-refractivity contribution in [1.29, 1.82) is 0 Å². The van der Waals surface area contributed by atoms with Gasteiger partial charge in [-0.3, -0.25) is 14.0 Å². The topological polar surface area (TPSA) is 90.8 Å². The van der Waals surface area contributed by atoms with Crippen LogP contribution in [-0.4, -0.2) is 39.3 Å². The fourth-order valence-corrected chi connectivity index (χ4v) is 3.08. The molecule has 3 aromatic rings. The standard InChI is InChI=1S/C19H26N4O4/c1-13(2)26-10-5-8-20-18(24)6-4-9-22-19(25)16-12-17-15(7-11-27-17)23(16)14(3)21-22/h7,11-13H,4-6,8-10H2,1-3H3,(H,20,24). The molecule has 3 rings (SSSR count). The lowest BCUT2D eigenvalue weighted by atomic mass is 10.3. The molecule has 0 unspecified atom stereocenters. The van der Waals surface area contributed by atoms with Crippen molar-refractivity contribution < 1.29 is 13.9 Å². The fourth-order valence-electron chi connectivity index (χ4n) is 3.08. The van der Waals surface area contributed by atoms with Crippen LogP contribution in [0.4, 0.5) is 0 Å². The Morgan fingerprint density at radius 1 is 1.33 bits per heavy atom. The van der Waals surface area contributed by atoms with Crippen LogP contribution in [0.3, 0.4) is 0 Å². The highest BCUT2D eigenvalue weighted by Crippen LogP contribution is 2.19. The van der Waals surface area contributed by atoms with Crippen LogP contribution in [0, 0.1) is 6.92 Å². The second kappa shape index (κ2) is 8.39. The van der Waals surface area contributed by atoms with Crippen molar-refractivity contribution >= 4 is 22.5 Å². The molecule has 0 aliphatic carbocycles. The van der Waals surface area contributed by atoms with Crippen molar-refractivity contribution in [2.24, 2.45) is 0 Å². The van der Waals surface area contributed by atoms with Crippen molar-refractivity contribution in [3.05, 3.63) is 34.6 Å². The highest BCUT2D eigenvalue weighted by molar-refractivity contribution is 5.82. The predicted molar refractivity (Wildman–Crippen MR) is 102 cm³/mol. The molecule has 1 amide bonds. The summed E-state index contributed by atoms with van der Waals surface area (Å²) in [5.74, 6) is 0.682. The van der Waals surface area contributed by atoms with E-state index in [-0.39, 0.29) is 17.6 Å². The molecule has 0 aromatic carbocycles. The van der Waals surface area contributed by atoms with Crippen LogP contribution < -0.4 is 10.9 Å². The zero-order chi connectivity index (χ0) is 19.4. The first-order chi connectivity index (χ1) is 13.0. The Kier molecular flexibility index (Phi) is 5.95. The number of nitrogens with one attached hydrogen (secondary N) is 1. The largest absolute Gasteiger partial charge is 0.463 e. The molecule has 0 saturated heterocycles. The number of fused-ring (bicyclic) bond motifs is 3. The maximum absolute atomic E-state index is 12.6. The van der Waals surface area contributed by atoms with Crippen molar-refractivity contribution in [3.8, 4) is 0 Å². The molecule has 0 atom stereocenters. The summed E-state index contributed by atoms with van der Waals surface area (Å²) in [6, 6.07) is 3.55. The van der Waals surface area contributed by atoms with Crippen LogP contribution in [0.25, 0.3) is 16.6 Å². The summed E-state index contributed by atoms with van der Waals surface area (Å²) in [5.41, 5.74) is 1.85. The highest BCUT2D eigenvalue weighted by atomic mass is 16.5. The highest BCUT2D eigenvalue weighted by Gasteiger charge is 2.14. The smallest absolute Gasteiger partial charge is 0.291 e. The van der Waals surface area contributed by atoms with Crippen LogP contribution in [0.1, 0.15) is 38.9 Å². The second-order valence-corrected chi connectivity index (χ2v) is 6.84. The van der Waals surface area contributed by atoms with Crippen LogP contribution in [0.2, 0.25) is 0 Å². The number of amides is 1. The number of aryl methyl sites for hydroxylation is 2. The third-order valence-electron chi connectivity index (χ3n) is 4.33. The van der Waals surface area contributed by atoms with Crippen LogP contribution >= 0.6 is 0 Å². The van der Waals surface area contributed by atoms with E-state index >= 15 is 0 Å². The predicted octanol–water partition coefficient (Wildman–Crippen LogP) is 2.26. The fraction of sp³-hybridized carbons (Fsp3) is 0.526. The number of ether oxygens (including phenoxy) is 1. The maximum atomic E-state index is 12.6. The molecular formula is C19H26N4O4. The van der Waals surface area contributed by atoms with Gasteiger partial charge in [0.05, 0.1) is 17.9 Å². The average molecular weight is 374 g/mol. The maximum Gasteiger partial charge on any atom is 0.291 e. The van der Waals surface area contributed by atoms with E-state index in [1.165, 1.54) is 4.68 Å². The van der Waals surface area contributed by atoms with Crippen molar-refractivity contribution in [1.82, 2.24) is 19.5 Å². The van der Waals surface area contributed by atoms with E-state index < -0.39 is 0 Å². The molecule has 0 bridgehead atoms. The van der Waals surface area contributed by atoms with Gasteiger partial charge < -0.3 is 14.5 Å². The van der Waals surface area contributed by atoms with E-state index in [4.69, 9.17) is 9.15 Å². The number of carbonyl (C=O) groups is 1. The SMILES string of the molecule is Cc1nn(CCCC(=O)NCCCOC(C)C)c(=O)c2cc3occc3n12. The van der Waals surface area contributed by atoms with Gasteiger partial charge in [0.1, 0.15) is 11.3 Å². The lowest BCUT2D eigenvalue weighted by Gasteiger charge is -2.09. The lowest BCUT2D eigenvalue weighted by molar-refractivity contribution is -0.121. The molecule has 0 aliphatic heterocycles. The zero-order valence-electron chi connectivity index (χ0n) is 16.0. The number of nitrogens with zero attached hydrogens (tertiary/aromatic N) is 3. The Balaban J connectivity index is 1.54. The molecule has 27 heavy (non-hydrogen) atoms. The molecule has 8 nitrogen and oxygen atoms in total. The number of furan rings is 1. The summed E-state index contributed by atoms with van der Waals surface area (Å²) in [6.45, 7) is 7.45. The van der Waals surface area contributed by atoms with Gasteiger partial charge in [0.15, 0.2) is 5.58 Å². The first kappa shape index (κ1) is 19.2. The van der Waals surface area contributed by atoms with Gasteiger partial charge in [0.2, 0.25) is 5.91 Å². The Bertz CT molecular complexity index is 983. The summed E-state index contributed by atoms with van der Waals surface area (Å²) in [6.07, 6.45) is 3.49. The van der Waals surface area contributed by atoms with E-state index in [1.807, 2.05) is 26.8 Å². The number of hydrogen-bond acceptors (Lipinski definition) is 5. The summed E-state index contributed by atoms with van der Waals surface area (Å²) in [5, 5.41) is 7.25. The molecule has 8 heteroatoms. The average Bonchev–Trinajstić information content (AvgIpc) is 3.19. The van der Waals surface area contributed by atoms with Crippen molar-refractivity contribution in [2.45, 2.75) is 52.7 Å². The van der Waals surface area contributed by atoms with E-state index in [1.54, 1.807) is 16.7 Å². The Labute approximate surface area is 157 Å². The van der Waals surface area contributed by atoms with E-state index in [0.29, 0.717) is 49.5 Å². The van der Waals surface area contributed by atoms with E-state index in [0.717, 1.165) is 11.9 Å². The number of aromatic nitrogens is 3. The summed E-state index contributed by atoms with van der Waals surface area (Å²) in [4.78, 5) is 24.5. The quantitative estimate of drug-likeness (QED) is 0.580. The van der Waals surface area contributed by atoms with Gasteiger partial charge in [0.25, 0.3) is 5.56 Å². The number of hydrogen-bond donors (Lipinski definition) is 1. The van der Waals surface area contributed by atoms with Crippen molar-refractivity contribution in [3.63, 3.8) is 0 Å². The van der Waals surface area contributed by atoms with Gasteiger partial charge in [-0.1, -0.05) is 0 Å². The minimum absolute atomic E-state index is 0.0226. The monoisotopic (exact) mass is 374 g/mol. The van der Waals surface area contributed by atoms with Crippen LogP contribution in [0.15, 0.2) is 27.6 Å². The minimum Gasteiger partial charge on any atom is -0.463 e. The molecule has 0 spiro atoms. The number of carbonyl (C=O) groups excluding carboxylic acids is 1. The summed E-state index contributed by atoms with van der Waals surface area (Å²) in [7, 11) is 0. The molecule has 3 heterocycles. The summed E-state index contributed by atoms with van der Waals surface area (Å²) < 4.78 is 14.0. The number of rotatable bonds is 9. The van der Waals surface area contributed by atoms with E-state index in [2.05, 4.69) is 10.4 Å². The normalized spacial score (nSPS) is 11.7. The van der Waals surface area contributed by atoms with Gasteiger partial charge in [-0.2, -0.15) is 5.10 Å². The van der Waals surface area contributed by atoms with Gasteiger partial charge in [-0.05, 0) is 33.6 Å². The molecule has 146 valence electrons. The minimum atomic E-state index is -0.182. The van der Waals surface area contributed by atoms with Gasteiger partial charge in [-0.15, -0.1) is 0 Å². The third kappa shape index (κ3) is 4.39. The summed E-state index contributed by atoms with van der Waals surface area (Å²) >= 11 is 0. The van der Waals surface area contributed by atoms with Crippen molar-refractivity contribution in [2.75, 3.05) is 13.2 Å². The Hall–Kier alpha value is -2.61. The molecule has 0 fully saturated rings. The zero-order valence-corrected chi connectivity index (χ0v) is 16.0. The van der Waals surface area contributed by atoms with Gasteiger partial charge >= 0.3 is 0 Å². The van der Waals surface area contributed by atoms with Gasteiger partial charge in [0, 0.05) is 38.2 Å².